The van der Waals surface area contributed by atoms with Gasteiger partial charge in [0.2, 0.25) is 0 Å². The van der Waals surface area contributed by atoms with Crippen molar-refractivity contribution in [1.82, 2.24) is 0 Å². The molecule has 1 N–H and O–H groups in total. The summed E-state index contributed by atoms with van der Waals surface area (Å²) in [7, 11) is -0.613. The van der Waals surface area contributed by atoms with Crippen LogP contribution in [0.25, 0.3) is 0 Å². The molecule has 0 atom stereocenters. The van der Waals surface area contributed by atoms with E-state index in [2.05, 4.69) is 0 Å². The standard InChI is InChI=1S/C21H31BO7/c1-19(2,3)27-18(25)13-26-12-15-8-14(11-17(23)24)9-16(10-15)22-28-20(4,5)21(6,7)29-22/h8-10H,11-13H2,1-7H3,(H,23,24). The molecule has 1 saturated heterocycles. The van der Waals surface area contributed by atoms with Crippen LogP contribution < -0.4 is 5.46 Å². The van der Waals surface area contributed by atoms with Gasteiger partial charge in [0, 0.05) is 0 Å². The minimum atomic E-state index is -0.934. The van der Waals surface area contributed by atoms with Crippen LogP contribution in [0.2, 0.25) is 0 Å². The Morgan fingerprint density at radius 2 is 1.59 bits per heavy atom. The maximum Gasteiger partial charge on any atom is 0.494 e. The molecule has 2 rings (SSSR count). The number of aliphatic carboxylic acids is 1. The Morgan fingerprint density at radius 1 is 1.03 bits per heavy atom. The molecule has 29 heavy (non-hydrogen) atoms. The second-order valence-corrected chi connectivity index (χ2v) is 9.32. The number of carboxylic acids is 1. The maximum absolute atomic E-state index is 11.8. The van der Waals surface area contributed by atoms with Gasteiger partial charge in [-0.3, -0.25) is 4.79 Å². The molecule has 1 aromatic rings. The van der Waals surface area contributed by atoms with Gasteiger partial charge in [0.15, 0.2) is 0 Å². The minimum Gasteiger partial charge on any atom is -0.481 e. The topological polar surface area (TPSA) is 91.3 Å². The lowest BCUT2D eigenvalue weighted by Gasteiger charge is -2.32. The monoisotopic (exact) mass is 406 g/mol. The summed E-state index contributed by atoms with van der Waals surface area (Å²) in [6, 6.07) is 5.37. The van der Waals surface area contributed by atoms with Crippen molar-refractivity contribution >= 4 is 24.5 Å². The van der Waals surface area contributed by atoms with Gasteiger partial charge in [0.1, 0.15) is 12.2 Å². The summed E-state index contributed by atoms with van der Waals surface area (Å²) in [4.78, 5) is 23.0. The lowest BCUT2D eigenvalue weighted by Crippen LogP contribution is -2.41. The third-order valence-corrected chi connectivity index (χ3v) is 4.86. The molecule has 0 aliphatic carbocycles. The predicted molar refractivity (Wildman–Crippen MR) is 109 cm³/mol. The quantitative estimate of drug-likeness (QED) is 0.550. The summed E-state index contributed by atoms with van der Waals surface area (Å²) in [6.07, 6.45) is -0.133. The molecule has 8 heteroatoms. The van der Waals surface area contributed by atoms with E-state index in [0.717, 1.165) is 11.0 Å². The number of carbonyl (C=O) groups excluding carboxylic acids is 1. The molecule has 1 aliphatic rings. The second-order valence-electron chi connectivity index (χ2n) is 9.32. The highest BCUT2D eigenvalue weighted by molar-refractivity contribution is 6.62. The molecule has 1 fully saturated rings. The number of hydrogen-bond donors (Lipinski definition) is 1. The average molecular weight is 406 g/mol. The fraction of sp³-hybridized carbons (Fsp3) is 0.619. The highest BCUT2D eigenvalue weighted by Gasteiger charge is 2.51. The van der Waals surface area contributed by atoms with E-state index < -0.39 is 35.9 Å². The highest BCUT2D eigenvalue weighted by atomic mass is 16.7. The summed E-state index contributed by atoms with van der Waals surface area (Å²) in [6.45, 7) is 13.1. The van der Waals surface area contributed by atoms with E-state index in [4.69, 9.17) is 18.8 Å². The summed E-state index contributed by atoms with van der Waals surface area (Å²) in [5.74, 6) is -1.39. The fourth-order valence-electron chi connectivity index (χ4n) is 2.89. The van der Waals surface area contributed by atoms with E-state index in [0.29, 0.717) is 5.56 Å². The number of carboxylic acid groups (broad SMARTS) is 1. The van der Waals surface area contributed by atoms with Crippen molar-refractivity contribution in [3.63, 3.8) is 0 Å². The molecule has 1 aromatic carbocycles. The zero-order chi connectivity index (χ0) is 22.0. The molecule has 0 bridgehead atoms. The van der Waals surface area contributed by atoms with E-state index >= 15 is 0 Å². The molecule has 0 saturated carbocycles. The highest BCUT2D eigenvalue weighted by Crippen LogP contribution is 2.36. The first kappa shape index (κ1) is 23.4. The zero-order valence-corrected chi connectivity index (χ0v) is 18.3. The molecular weight excluding hydrogens is 375 g/mol. The van der Waals surface area contributed by atoms with E-state index in [1.54, 1.807) is 32.9 Å². The van der Waals surface area contributed by atoms with Crippen LogP contribution in [-0.2, 0) is 41.4 Å². The van der Waals surface area contributed by atoms with Crippen molar-refractivity contribution in [3.05, 3.63) is 29.3 Å². The van der Waals surface area contributed by atoms with Crippen LogP contribution in [0, 0.1) is 0 Å². The third kappa shape index (κ3) is 6.55. The van der Waals surface area contributed by atoms with Gasteiger partial charge >= 0.3 is 19.1 Å². The van der Waals surface area contributed by atoms with Crippen LogP contribution in [0.3, 0.4) is 0 Å². The number of benzene rings is 1. The Hall–Kier alpha value is -1.90. The van der Waals surface area contributed by atoms with Gasteiger partial charge in [-0.05, 0) is 65.1 Å². The normalized spacial score (nSPS) is 18.0. The van der Waals surface area contributed by atoms with Gasteiger partial charge in [0.05, 0.1) is 24.2 Å². The fourth-order valence-corrected chi connectivity index (χ4v) is 2.89. The first-order chi connectivity index (χ1) is 13.2. The lowest BCUT2D eigenvalue weighted by atomic mass is 9.77. The number of hydrogen-bond acceptors (Lipinski definition) is 6. The van der Waals surface area contributed by atoms with Crippen LogP contribution in [-0.4, -0.2) is 47.6 Å². The lowest BCUT2D eigenvalue weighted by molar-refractivity contribution is -0.160. The van der Waals surface area contributed by atoms with Crippen LogP contribution in [0.4, 0.5) is 0 Å². The van der Waals surface area contributed by atoms with Crippen molar-refractivity contribution in [1.29, 1.82) is 0 Å². The molecule has 1 aliphatic heterocycles. The molecule has 7 nitrogen and oxygen atoms in total. The van der Waals surface area contributed by atoms with E-state index in [1.807, 2.05) is 33.8 Å². The number of ether oxygens (including phenoxy) is 2. The summed E-state index contributed by atoms with van der Waals surface area (Å²) in [5.41, 5.74) is 0.476. The predicted octanol–water partition coefficient (Wildman–Crippen LogP) is 2.47. The van der Waals surface area contributed by atoms with E-state index in [1.165, 1.54) is 0 Å². The van der Waals surface area contributed by atoms with Crippen LogP contribution in [0.1, 0.15) is 59.6 Å². The SMILES string of the molecule is CC(C)(C)OC(=O)COCc1cc(CC(=O)O)cc(B2OC(C)(C)C(C)(C)O2)c1. The molecule has 0 radical (unpaired) electrons. The van der Waals surface area contributed by atoms with Gasteiger partial charge in [-0.15, -0.1) is 0 Å². The Bertz CT molecular complexity index is 749. The molecule has 160 valence electrons. The molecular formula is C21H31BO7. The first-order valence-electron chi connectivity index (χ1n) is 9.68. The largest absolute Gasteiger partial charge is 0.494 e. The molecule has 0 amide bonds. The van der Waals surface area contributed by atoms with Crippen molar-refractivity contribution in [2.45, 2.75) is 78.3 Å². The maximum atomic E-state index is 11.8. The Balaban J connectivity index is 2.15. The van der Waals surface area contributed by atoms with Crippen LogP contribution in [0.15, 0.2) is 18.2 Å². The Labute approximate surface area is 172 Å². The zero-order valence-electron chi connectivity index (χ0n) is 18.3. The van der Waals surface area contributed by atoms with Gasteiger partial charge in [-0.2, -0.15) is 0 Å². The first-order valence-corrected chi connectivity index (χ1v) is 9.68. The van der Waals surface area contributed by atoms with Gasteiger partial charge in [-0.1, -0.05) is 18.2 Å². The molecule has 0 unspecified atom stereocenters. The van der Waals surface area contributed by atoms with E-state index in [9.17, 15) is 14.7 Å². The van der Waals surface area contributed by atoms with Crippen LogP contribution >= 0.6 is 0 Å². The van der Waals surface area contributed by atoms with Gasteiger partial charge < -0.3 is 23.9 Å². The summed E-state index contributed by atoms with van der Waals surface area (Å²) >= 11 is 0. The summed E-state index contributed by atoms with van der Waals surface area (Å²) < 4.78 is 22.9. The van der Waals surface area contributed by atoms with Gasteiger partial charge in [-0.25, -0.2) is 4.79 Å². The third-order valence-electron chi connectivity index (χ3n) is 4.86. The smallest absolute Gasteiger partial charge is 0.481 e. The summed E-state index contributed by atoms with van der Waals surface area (Å²) in [5, 5.41) is 9.18. The molecule has 1 heterocycles. The van der Waals surface area contributed by atoms with Crippen molar-refractivity contribution < 1.29 is 33.5 Å². The molecule has 0 aromatic heterocycles. The Kier molecular flexibility index (Phi) is 6.82. The average Bonchev–Trinajstić information content (AvgIpc) is 2.73. The van der Waals surface area contributed by atoms with Crippen molar-refractivity contribution in [3.8, 4) is 0 Å². The van der Waals surface area contributed by atoms with E-state index in [-0.39, 0.29) is 19.6 Å². The van der Waals surface area contributed by atoms with Crippen molar-refractivity contribution in [2.24, 2.45) is 0 Å². The van der Waals surface area contributed by atoms with Crippen LogP contribution in [0.5, 0.6) is 0 Å². The number of esters is 1. The Morgan fingerprint density at radius 3 is 2.10 bits per heavy atom. The number of carbonyl (C=O) groups is 2. The second kappa shape index (κ2) is 8.46. The molecule has 0 spiro atoms. The van der Waals surface area contributed by atoms with Crippen molar-refractivity contribution in [2.75, 3.05) is 6.61 Å². The van der Waals surface area contributed by atoms with Gasteiger partial charge in [0.25, 0.3) is 0 Å². The number of rotatable bonds is 7. The minimum absolute atomic E-state index is 0.133.